The van der Waals surface area contributed by atoms with Crippen LogP contribution in [0.2, 0.25) is 0 Å². The van der Waals surface area contributed by atoms with E-state index in [0.29, 0.717) is 17.9 Å². The summed E-state index contributed by atoms with van der Waals surface area (Å²) in [5, 5.41) is 6.95. The smallest absolute Gasteiger partial charge is 0.243 e. The Morgan fingerprint density at radius 3 is 2.84 bits per heavy atom. The van der Waals surface area contributed by atoms with E-state index in [-0.39, 0.29) is 6.61 Å². The highest BCUT2D eigenvalue weighted by Gasteiger charge is 2.08. The van der Waals surface area contributed by atoms with Crippen molar-refractivity contribution in [2.75, 3.05) is 13.2 Å². The van der Waals surface area contributed by atoms with Crippen molar-refractivity contribution in [3.63, 3.8) is 0 Å². The summed E-state index contributed by atoms with van der Waals surface area (Å²) in [6, 6.07) is 9.70. The highest BCUT2D eigenvalue weighted by atomic mass is 32.1. The Morgan fingerprint density at radius 1 is 1.42 bits per heavy atom. The lowest BCUT2D eigenvalue weighted by atomic mass is 10.2. The Morgan fingerprint density at radius 2 is 2.16 bits per heavy atom. The van der Waals surface area contributed by atoms with Crippen LogP contribution < -0.4 is 5.73 Å². The Labute approximate surface area is 115 Å². The highest BCUT2D eigenvalue weighted by molar-refractivity contribution is 7.71. The second-order valence-electron chi connectivity index (χ2n) is 3.89. The van der Waals surface area contributed by atoms with Crippen molar-refractivity contribution < 1.29 is 9.53 Å². The van der Waals surface area contributed by atoms with E-state index >= 15 is 0 Å². The number of H-pyrrole nitrogens is 1. The monoisotopic (exact) mass is 278 g/mol. The summed E-state index contributed by atoms with van der Waals surface area (Å²) in [6.45, 7) is 0.759. The lowest BCUT2D eigenvalue weighted by molar-refractivity contribution is -0.122. The SMILES string of the molecule is NC(=O)COCCn1c(-c2ccccc2)n[nH]c1=S. The molecular formula is C12H14N4O2S. The average molecular weight is 278 g/mol. The molecule has 2 rings (SSSR count). The van der Waals surface area contributed by atoms with Crippen molar-refractivity contribution in [1.29, 1.82) is 0 Å². The number of primary amides is 1. The average Bonchev–Trinajstić information content (AvgIpc) is 2.77. The predicted octanol–water partition coefficient (Wildman–Crippen LogP) is 1.11. The molecule has 3 N–H and O–H groups in total. The Hall–Kier alpha value is -1.99. The van der Waals surface area contributed by atoms with E-state index in [1.54, 1.807) is 0 Å². The second kappa shape index (κ2) is 6.26. The maximum Gasteiger partial charge on any atom is 0.243 e. The zero-order valence-electron chi connectivity index (χ0n) is 10.2. The summed E-state index contributed by atoms with van der Waals surface area (Å²) in [6.07, 6.45) is 0. The Bertz CT molecular complexity index is 606. The molecule has 0 aliphatic carbocycles. The minimum absolute atomic E-state index is 0.0914. The number of nitrogens with two attached hydrogens (primary N) is 1. The number of aromatic nitrogens is 3. The second-order valence-corrected chi connectivity index (χ2v) is 4.28. The number of carbonyl (C=O) groups excluding carboxylic acids is 1. The molecular weight excluding hydrogens is 264 g/mol. The number of amides is 1. The molecule has 0 fully saturated rings. The first-order valence-corrected chi connectivity index (χ1v) is 6.16. The van der Waals surface area contributed by atoms with Crippen molar-refractivity contribution in [2.45, 2.75) is 6.54 Å². The summed E-state index contributed by atoms with van der Waals surface area (Å²) in [5.41, 5.74) is 5.96. The summed E-state index contributed by atoms with van der Waals surface area (Å²) in [4.78, 5) is 10.6. The van der Waals surface area contributed by atoms with E-state index in [0.717, 1.165) is 11.4 Å². The van der Waals surface area contributed by atoms with Crippen molar-refractivity contribution in [2.24, 2.45) is 5.73 Å². The number of rotatable bonds is 6. The normalized spacial score (nSPS) is 10.5. The molecule has 0 atom stereocenters. The van der Waals surface area contributed by atoms with Crippen LogP contribution in [-0.4, -0.2) is 33.9 Å². The molecule has 100 valence electrons. The molecule has 7 heteroatoms. The maximum atomic E-state index is 10.6. The molecule has 0 spiro atoms. The molecule has 0 unspecified atom stereocenters. The first-order chi connectivity index (χ1) is 9.18. The van der Waals surface area contributed by atoms with Gasteiger partial charge in [0.15, 0.2) is 10.6 Å². The molecule has 2 aromatic rings. The van der Waals surface area contributed by atoms with Crippen molar-refractivity contribution in [1.82, 2.24) is 14.8 Å². The van der Waals surface area contributed by atoms with Crippen LogP contribution in [0.15, 0.2) is 30.3 Å². The van der Waals surface area contributed by atoms with Crippen LogP contribution in [0.3, 0.4) is 0 Å². The van der Waals surface area contributed by atoms with E-state index in [1.807, 2.05) is 34.9 Å². The third-order valence-electron chi connectivity index (χ3n) is 2.49. The minimum Gasteiger partial charge on any atom is -0.370 e. The van der Waals surface area contributed by atoms with Gasteiger partial charge in [-0.3, -0.25) is 14.5 Å². The zero-order valence-corrected chi connectivity index (χ0v) is 11.0. The first-order valence-electron chi connectivity index (χ1n) is 5.75. The summed E-state index contributed by atoms with van der Waals surface area (Å²) >= 11 is 5.17. The Kier molecular flexibility index (Phi) is 4.43. The topological polar surface area (TPSA) is 85.9 Å². The molecule has 0 radical (unpaired) electrons. The number of benzene rings is 1. The van der Waals surface area contributed by atoms with Gasteiger partial charge in [0, 0.05) is 5.56 Å². The van der Waals surface area contributed by atoms with Gasteiger partial charge in [-0.05, 0) is 12.2 Å². The van der Waals surface area contributed by atoms with Gasteiger partial charge >= 0.3 is 0 Å². The molecule has 0 aliphatic rings. The van der Waals surface area contributed by atoms with Gasteiger partial charge in [0.25, 0.3) is 0 Å². The molecule has 1 amide bonds. The van der Waals surface area contributed by atoms with E-state index < -0.39 is 5.91 Å². The van der Waals surface area contributed by atoms with Gasteiger partial charge in [-0.15, -0.1) is 0 Å². The molecule has 19 heavy (non-hydrogen) atoms. The molecule has 0 saturated carbocycles. The number of hydrogen-bond acceptors (Lipinski definition) is 4. The van der Waals surface area contributed by atoms with Gasteiger partial charge in [-0.25, -0.2) is 0 Å². The van der Waals surface area contributed by atoms with Crippen LogP contribution in [0.25, 0.3) is 11.4 Å². The first kappa shape index (κ1) is 13.4. The van der Waals surface area contributed by atoms with E-state index in [4.69, 9.17) is 22.7 Å². The lowest BCUT2D eigenvalue weighted by Gasteiger charge is -2.06. The molecule has 1 heterocycles. The van der Waals surface area contributed by atoms with Gasteiger partial charge in [0.2, 0.25) is 5.91 Å². The van der Waals surface area contributed by atoms with Crippen molar-refractivity contribution in [3.8, 4) is 11.4 Å². The van der Waals surface area contributed by atoms with E-state index in [2.05, 4.69) is 10.2 Å². The van der Waals surface area contributed by atoms with Gasteiger partial charge < -0.3 is 10.5 Å². The number of ether oxygens (including phenoxy) is 1. The van der Waals surface area contributed by atoms with Crippen LogP contribution in [0.4, 0.5) is 0 Å². The van der Waals surface area contributed by atoms with Crippen LogP contribution in [0.5, 0.6) is 0 Å². The predicted molar refractivity (Wildman–Crippen MR) is 72.9 cm³/mol. The van der Waals surface area contributed by atoms with Crippen molar-refractivity contribution >= 4 is 18.1 Å². The molecule has 0 bridgehead atoms. The highest BCUT2D eigenvalue weighted by Crippen LogP contribution is 2.16. The zero-order chi connectivity index (χ0) is 13.7. The molecule has 0 saturated heterocycles. The maximum absolute atomic E-state index is 10.6. The molecule has 6 nitrogen and oxygen atoms in total. The number of hydrogen-bond donors (Lipinski definition) is 2. The largest absolute Gasteiger partial charge is 0.370 e. The summed E-state index contributed by atoms with van der Waals surface area (Å²) < 4.78 is 7.47. The Balaban J connectivity index is 2.10. The van der Waals surface area contributed by atoms with Crippen LogP contribution in [0.1, 0.15) is 0 Å². The summed E-state index contributed by atoms with van der Waals surface area (Å²) in [7, 11) is 0. The fourth-order valence-electron chi connectivity index (χ4n) is 1.66. The van der Waals surface area contributed by atoms with E-state index in [9.17, 15) is 4.79 Å². The molecule has 1 aromatic heterocycles. The van der Waals surface area contributed by atoms with Crippen LogP contribution >= 0.6 is 12.2 Å². The van der Waals surface area contributed by atoms with Gasteiger partial charge in [0.05, 0.1) is 13.2 Å². The van der Waals surface area contributed by atoms with Gasteiger partial charge in [-0.1, -0.05) is 30.3 Å². The van der Waals surface area contributed by atoms with Crippen molar-refractivity contribution in [3.05, 3.63) is 35.1 Å². The van der Waals surface area contributed by atoms with Gasteiger partial charge in [0.1, 0.15) is 6.61 Å². The fraction of sp³-hybridized carbons (Fsp3) is 0.250. The third kappa shape index (κ3) is 3.49. The number of nitrogens with one attached hydrogen (secondary N) is 1. The number of nitrogens with zero attached hydrogens (tertiary/aromatic N) is 2. The standard InChI is InChI=1S/C12H14N4O2S/c13-10(17)8-18-7-6-16-11(14-15-12(16)19)9-4-2-1-3-5-9/h1-5H,6-8H2,(H2,13,17)(H,15,19). The molecule has 0 aliphatic heterocycles. The fourth-order valence-corrected chi connectivity index (χ4v) is 1.88. The lowest BCUT2D eigenvalue weighted by Crippen LogP contribution is -2.19. The number of aromatic amines is 1. The summed E-state index contributed by atoms with van der Waals surface area (Å²) in [5.74, 6) is 0.257. The molecule has 1 aromatic carbocycles. The quantitative estimate of drug-likeness (QED) is 0.612. The van der Waals surface area contributed by atoms with E-state index in [1.165, 1.54) is 0 Å². The van der Waals surface area contributed by atoms with Crippen LogP contribution in [-0.2, 0) is 16.1 Å². The third-order valence-corrected chi connectivity index (χ3v) is 2.81. The number of carbonyl (C=O) groups is 1. The van der Waals surface area contributed by atoms with Gasteiger partial charge in [-0.2, -0.15) is 5.10 Å². The van der Waals surface area contributed by atoms with Crippen LogP contribution in [0, 0.1) is 4.77 Å². The minimum atomic E-state index is -0.487.